The standard InChI is InChI=1S/C27H30N4O3/c1-20(19-21-7-2-3-8-22(21)27(32)29-25-11-4-5-12-28-25)30-13-15-31(16-14-30)23-9-6-10-24-26(23)34-18-17-33-24/h2-12,20H,13-19H2,1H3,(H,28,29,32)/t20-/m1/s1. The van der Waals surface area contributed by atoms with Gasteiger partial charge in [0, 0.05) is 44.0 Å². The molecule has 0 aliphatic carbocycles. The zero-order valence-corrected chi connectivity index (χ0v) is 19.4. The third-order valence-electron chi connectivity index (χ3n) is 6.51. The number of carbonyl (C=O) groups is 1. The highest BCUT2D eigenvalue weighted by atomic mass is 16.6. The van der Waals surface area contributed by atoms with Crippen molar-refractivity contribution < 1.29 is 14.3 Å². The third kappa shape index (κ3) is 4.84. The Morgan fingerprint density at radius 2 is 1.76 bits per heavy atom. The van der Waals surface area contributed by atoms with Crippen molar-refractivity contribution in [1.82, 2.24) is 9.88 Å². The number of fused-ring (bicyclic) bond motifs is 1. The number of rotatable bonds is 6. The SMILES string of the molecule is C[C@H](Cc1ccccc1C(=O)Nc1ccccn1)N1CCN(c2cccc3c2OCCO3)CC1. The van der Waals surface area contributed by atoms with E-state index in [1.54, 1.807) is 12.3 Å². The van der Waals surface area contributed by atoms with Crippen LogP contribution in [0.5, 0.6) is 11.5 Å². The van der Waals surface area contributed by atoms with E-state index in [-0.39, 0.29) is 5.91 Å². The molecule has 2 aliphatic heterocycles. The number of para-hydroxylation sites is 1. The number of benzene rings is 2. The summed E-state index contributed by atoms with van der Waals surface area (Å²) in [6.45, 7) is 7.18. The fourth-order valence-corrected chi connectivity index (χ4v) is 4.70. The van der Waals surface area contributed by atoms with Crippen LogP contribution in [0.3, 0.4) is 0 Å². The molecule has 1 amide bonds. The molecule has 2 aliphatic rings. The van der Waals surface area contributed by atoms with Gasteiger partial charge in [-0.15, -0.1) is 0 Å². The second-order valence-electron chi connectivity index (χ2n) is 8.70. The molecule has 1 saturated heterocycles. The number of piperazine rings is 1. The molecule has 0 saturated carbocycles. The Morgan fingerprint density at radius 3 is 2.59 bits per heavy atom. The predicted octanol–water partition coefficient (Wildman–Crippen LogP) is 3.86. The van der Waals surface area contributed by atoms with Gasteiger partial charge in [0.25, 0.3) is 5.91 Å². The molecule has 0 bridgehead atoms. The van der Waals surface area contributed by atoms with Crippen LogP contribution in [-0.4, -0.2) is 61.2 Å². The van der Waals surface area contributed by atoms with Gasteiger partial charge in [0.1, 0.15) is 19.0 Å². The van der Waals surface area contributed by atoms with Crippen LogP contribution in [0.25, 0.3) is 0 Å². The summed E-state index contributed by atoms with van der Waals surface area (Å²) in [6, 6.07) is 19.8. The van der Waals surface area contributed by atoms with E-state index in [0.29, 0.717) is 30.6 Å². The van der Waals surface area contributed by atoms with Crippen LogP contribution < -0.4 is 19.7 Å². The van der Waals surface area contributed by atoms with E-state index in [9.17, 15) is 4.79 Å². The molecule has 3 heterocycles. The number of hydrogen-bond donors (Lipinski definition) is 1. The van der Waals surface area contributed by atoms with Gasteiger partial charge in [-0.3, -0.25) is 9.69 Å². The Balaban J connectivity index is 1.22. The summed E-state index contributed by atoms with van der Waals surface area (Å²) < 4.78 is 11.7. The molecule has 1 aromatic heterocycles. The summed E-state index contributed by atoms with van der Waals surface area (Å²) >= 11 is 0. The van der Waals surface area contributed by atoms with Gasteiger partial charge in [-0.05, 0) is 49.2 Å². The van der Waals surface area contributed by atoms with Crippen molar-refractivity contribution in [3.8, 4) is 11.5 Å². The van der Waals surface area contributed by atoms with Gasteiger partial charge in [0.05, 0.1) is 5.69 Å². The lowest BCUT2D eigenvalue weighted by Crippen LogP contribution is -2.50. The fraction of sp³-hybridized carbons (Fsp3) is 0.333. The molecular formula is C27H30N4O3. The van der Waals surface area contributed by atoms with Crippen molar-refractivity contribution in [1.29, 1.82) is 0 Å². The first-order chi connectivity index (χ1) is 16.7. The first kappa shape index (κ1) is 22.2. The molecule has 7 nitrogen and oxygen atoms in total. The highest BCUT2D eigenvalue weighted by molar-refractivity contribution is 6.04. The summed E-state index contributed by atoms with van der Waals surface area (Å²) in [5.74, 6) is 2.13. The second-order valence-corrected chi connectivity index (χ2v) is 8.70. The minimum Gasteiger partial charge on any atom is -0.486 e. The zero-order chi connectivity index (χ0) is 23.3. The Hall–Kier alpha value is -3.58. The summed E-state index contributed by atoms with van der Waals surface area (Å²) in [6.07, 6.45) is 2.48. The first-order valence-corrected chi connectivity index (χ1v) is 11.9. The molecule has 2 aromatic carbocycles. The summed E-state index contributed by atoms with van der Waals surface area (Å²) in [7, 11) is 0. The van der Waals surface area contributed by atoms with Crippen LogP contribution in [0.4, 0.5) is 11.5 Å². The molecule has 3 aromatic rings. The smallest absolute Gasteiger partial charge is 0.257 e. The minimum atomic E-state index is -0.123. The average molecular weight is 459 g/mol. The van der Waals surface area contributed by atoms with Crippen molar-refractivity contribution in [2.45, 2.75) is 19.4 Å². The number of anilines is 2. The summed E-state index contributed by atoms with van der Waals surface area (Å²) in [5.41, 5.74) is 2.86. The van der Waals surface area contributed by atoms with Crippen molar-refractivity contribution in [3.63, 3.8) is 0 Å². The molecule has 1 fully saturated rings. The fourth-order valence-electron chi connectivity index (χ4n) is 4.70. The number of hydrogen-bond acceptors (Lipinski definition) is 6. The Bertz CT molecular complexity index is 1130. The van der Waals surface area contributed by atoms with E-state index in [1.165, 1.54) is 0 Å². The van der Waals surface area contributed by atoms with Gasteiger partial charge < -0.3 is 19.7 Å². The molecule has 0 spiro atoms. The van der Waals surface area contributed by atoms with E-state index >= 15 is 0 Å². The number of nitrogens with one attached hydrogen (secondary N) is 1. The van der Waals surface area contributed by atoms with Crippen molar-refractivity contribution in [2.24, 2.45) is 0 Å². The molecule has 0 unspecified atom stereocenters. The Kier molecular flexibility index (Phi) is 6.62. The number of carbonyl (C=O) groups excluding carboxylic acids is 1. The molecule has 5 rings (SSSR count). The summed E-state index contributed by atoms with van der Waals surface area (Å²) in [5, 5.41) is 2.91. The van der Waals surface area contributed by atoms with Gasteiger partial charge in [-0.25, -0.2) is 4.98 Å². The molecule has 0 radical (unpaired) electrons. The number of amides is 1. The van der Waals surface area contributed by atoms with Crippen LogP contribution in [-0.2, 0) is 6.42 Å². The van der Waals surface area contributed by atoms with Crippen LogP contribution in [0.15, 0.2) is 66.9 Å². The third-order valence-corrected chi connectivity index (χ3v) is 6.51. The van der Waals surface area contributed by atoms with E-state index in [4.69, 9.17) is 9.47 Å². The average Bonchev–Trinajstić information content (AvgIpc) is 2.89. The van der Waals surface area contributed by atoms with Gasteiger partial charge in [-0.1, -0.05) is 30.3 Å². The van der Waals surface area contributed by atoms with Gasteiger partial charge >= 0.3 is 0 Å². The summed E-state index contributed by atoms with van der Waals surface area (Å²) in [4.78, 5) is 22.0. The number of nitrogens with zero attached hydrogens (tertiary/aromatic N) is 3. The van der Waals surface area contributed by atoms with E-state index in [1.807, 2.05) is 48.5 Å². The second kappa shape index (κ2) is 10.1. The lowest BCUT2D eigenvalue weighted by molar-refractivity contribution is 0.102. The molecule has 34 heavy (non-hydrogen) atoms. The topological polar surface area (TPSA) is 66.9 Å². The zero-order valence-electron chi connectivity index (χ0n) is 19.4. The molecule has 1 atom stereocenters. The van der Waals surface area contributed by atoms with Crippen molar-refractivity contribution >= 4 is 17.4 Å². The highest BCUT2D eigenvalue weighted by Crippen LogP contribution is 2.39. The molecule has 7 heteroatoms. The van der Waals surface area contributed by atoms with Crippen LogP contribution >= 0.6 is 0 Å². The Labute approximate surface area is 200 Å². The predicted molar refractivity (Wildman–Crippen MR) is 133 cm³/mol. The maximum atomic E-state index is 12.9. The number of ether oxygens (including phenoxy) is 2. The molecule has 1 N–H and O–H groups in total. The largest absolute Gasteiger partial charge is 0.486 e. The minimum absolute atomic E-state index is 0.123. The van der Waals surface area contributed by atoms with Crippen LogP contribution in [0.2, 0.25) is 0 Å². The maximum absolute atomic E-state index is 12.9. The lowest BCUT2D eigenvalue weighted by Gasteiger charge is -2.40. The van der Waals surface area contributed by atoms with Crippen molar-refractivity contribution in [2.75, 3.05) is 49.6 Å². The molecular weight excluding hydrogens is 428 g/mol. The quantitative estimate of drug-likeness (QED) is 0.605. The number of pyridine rings is 1. The number of aromatic nitrogens is 1. The lowest BCUT2D eigenvalue weighted by atomic mass is 9.99. The first-order valence-electron chi connectivity index (χ1n) is 11.9. The maximum Gasteiger partial charge on any atom is 0.257 e. The van der Waals surface area contributed by atoms with Crippen LogP contribution in [0, 0.1) is 0 Å². The highest BCUT2D eigenvalue weighted by Gasteiger charge is 2.26. The van der Waals surface area contributed by atoms with E-state index in [0.717, 1.165) is 55.3 Å². The Morgan fingerprint density at radius 1 is 0.971 bits per heavy atom. The van der Waals surface area contributed by atoms with Crippen molar-refractivity contribution in [3.05, 3.63) is 78.0 Å². The van der Waals surface area contributed by atoms with E-state index in [2.05, 4.69) is 33.1 Å². The van der Waals surface area contributed by atoms with Crippen LogP contribution in [0.1, 0.15) is 22.8 Å². The van der Waals surface area contributed by atoms with E-state index < -0.39 is 0 Å². The van der Waals surface area contributed by atoms with Gasteiger partial charge in [0.15, 0.2) is 11.5 Å². The monoisotopic (exact) mass is 458 g/mol. The molecule has 176 valence electrons. The normalized spacial score (nSPS) is 16.7. The van der Waals surface area contributed by atoms with Gasteiger partial charge in [0.2, 0.25) is 0 Å². The van der Waals surface area contributed by atoms with Gasteiger partial charge in [-0.2, -0.15) is 0 Å².